The van der Waals surface area contributed by atoms with E-state index in [0.29, 0.717) is 16.3 Å². The molecule has 0 spiro atoms. The van der Waals surface area contributed by atoms with Crippen LogP contribution in [-0.4, -0.2) is 36.8 Å². The zero-order chi connectivity index (χ0) is 22.0. The normalized spacial score (nSPS) is 15.8. The first kappa shape index (κ1) is 20.8. The van der Waals surface area contributed by atoms with Crippen molar-refractivity contribution in [3.8, 4) is 5.82 Å². The number of anilines is 1. The van der Waals surface area contributed by atoms with E-state index in [1.807, 2.05) is 0 Å². The van der Waals surface area contributed by atoms with Gasteiger partial charge in [0.05, 0.1) is 16.5 Å². The van der Waals surface area contributed by atoms with E-state index in [1.54, 1.807) is 18.3 Å². The van der Waals surface area contributed by atoms with E-state index in [-0.39, 0.29) is 24.6 Å². The van der Waals surface area contributed by atoms with E-state index in [2.05, 4.69) is 25.7 Å². The zero-order valence-electron chi connectivity index (χ0n) is 15.8. The molecule has 0 bridgehead atoms. The molecule has 0 aliphatic carbocycles. The number of nitrogens with zero attached hydrogens (tertiary/aromatic N) is 4. The van der Waals surface area contributed by atoms with Crippen molar-refractivity contribution in [3.05, 3.63) is 60.3 Å². The maximum Gasteiger partial charge on any atom is 0.416 e. The van der Waals surface area contributed by atoms with Crippen LogP contribution in [0, 0.1) is 0 Å². The van der Waals surface area contributed by atoms with E-state index in [9.17, 15) is 22.8 Å². The zero-order valence-corrected chi connectivity index (χ0v) is 16.6. The van der Waals surface area contributed by atoms with Crippen molar-refractivity contribution in [2.75, 3.05) is 5.32 Å². The Morgan fingerprint density at radius 3 is 2.87 bits per heavy atom. The number of fused-ring (bicyclic) bond motifs is 1. The van der Waals surface area contributed by atoms with Gasteiger partial charge in [0.15, 0.2) is 5.82 Å². The fourth-order valence-electron chi connectivity index (χ4n) is 2.99. The van der Waals surface area contributed by atoms with Crippen LogP contribution in [0.15, 0.2) is 54.1 Å². The second-order valence-electron chi connectivity index (χ2n) is 6.61. The number of carbonyl (C=O) groups excluding carboxylic acids is 2. The molecule has 3 aromatic rings. The molecule has 1 aliphatic heterocycles. The number of hydrogen-bond acceptors (Lipinski definition) is 6. The molecule has 160 valence electrons. The highest BCUT2D eigenvalue weighted by Gasteiger charge is 2.34. The molecule has 2 amide bonds. The molecule has 0 unspecified atom stereocenters. The summed E-state index contributed by atoms with van der Waals surface area (Å²) in [4.78, 5) is 33.3. The minimum atomic E-state index is -4.50. The first-order chi connectivity index (χ1) is 14.8. The average molecular weight is 448 g/mol. The molecule has 1 atom stereocenters. The van der Waals surface area contributed by atoms with Gasteiger partial charge in [0.25, 0.3) is 0 Å². The molecule has 0 saturated carbocycles. The highest BCUT2D eigenvalue weighted by Crippen LogP contribution is 2.40. The number of amides is 2. The summed E-state index contributed by atoms with van der Waals surface area (Å²) in [5.41, 5.74) is -0.0514. The molecule has 12 heteroatoms. The van der Waals surface area contributed by atoms with Gasteiger partial charge in [-0.25, -0.2) is 14.6 Å². The highest BCUT2D eigenvalue weighted by molar-refractivity contribution is 8.01. The van der Waals surface area contributed by atoms with Crippen molar-refractivity contribution in [2.45, 2.75) is 29.3 Å². The first-order valence-electron chi connectivity index (χ1n) is 9.05. The second-order valence-corrected chi connectivity index (χ2v) is 7.86. The number of nitrogens with one attached hydrogen (secondary N) is 2. The van der Waals surface area contributed by atoms with Crippen LogP contribution in [0.5, 0.6) is 0 Å². The van der Waals surface area contributed by atoms with Gasteiger partial charge in [-0.15, -0.1) is 11.8 Å². The second kappa shape index (κ2) is 8.38. The lowest BCUT2D eigenvalue weighted by atomic mass is 10.1. The van der Waals surface area contributed by atoms with E-state index in [4.69, 9.17) is 0 Å². The van der Waals surface area contributed by atoms with E-state index >= 15 is 0 Å². The van der Waals surface area contributed by atoms with Gasteiger partial charge in [-0.3, -0.25) is 9.59 Å². The Hall–Kier alpha value is -3.41. The van der Waals surface area contributed by atoms with Crippen LogP contribution >= 0.6 is 11.8 Å². The topological polar surface area (TPSA) is 102 Å². The number of rotatable bonds is 5. The van der Waals surface area contributed by atoms with Crippen LogP contribution in [0.3, 0.4) is 0 Å². The van der Waals surface area contributed by atoms with Crippen molar-refractivity contribution < 1.29 is 22.8 Å². The SMILES string of the molecule is O=C(C[C@@H]1Sc2ccc(C(F)(F)F)cc2NC1=O)NCc1cccnc1-n1cncn1. The van der Waals surface area contributed by atoms with Crippen molar-refractivity contribution in [1.82, 2.24) is 25.1 Å². The molecule has 0 saturated heterocycles. The third kappa shape index (κ3) is 4.68. The van der Waals surface area contributed by atoms with Crippen molar-refractivity contribution in [2.24, 2.45) is 0 Å². The minimum Gasteiger partial charge on any atom is -0.352 e. The van der Waals surface area contributed by atoms with Crippen molar-refractivity contribution in [1.29, 1.82) is 0 Å². The summed E-state index contributed by atoms with van der Waals surface area (Å²) in [7, 11) is 0. The van der Waals surface area contributed by atoms with Crippen LogP contribution in [-0.2, 0) is 22.3 Å². The standard InChI is InChI=1S/C19H15F3N6O2S/c20-19(21,22)12-3-4-14-13(6-12)27-18(30)15(31-14)7-16(29)25-8-11-2-1-5-24-17(11)28-10-23-9-26-28/h1-6,9-10,15H,7-8H2,(H,25,29)(H,27,30)/t15-/m0/s1. The highest BCUT2D eigenvalue weighted by atomic mass is 32.2. The number of carbonyl (C=O) groups is 2. The molecule has 4 rings (SSSR count). The van der Waals surface area contributed by atoms with Gasteiger partial charge < -0.3 is 10.6 Å². The van der Waals surface area contributed by atoms with Crippen molar-refractivity contribution >= 4 is 29.3 Å². The molecule has 2 N–H and O–H groups in total. The Labute approximate surface area is 178 Å². The molecule has 1 aromatic carbocycles. The summed E-state index contributed by atoms with van der Waals surface area (Å²) in [6, 6.07) is 6.64. The van der Waals surface area contributed by atoms with Crippen LogP contribution in [0.25, 0.3) is 5.82 Å². The monoisotopic (exact) mass is 448 g/mol. The summed E-state index contributed by atoms with van der Waals surface area (Å²) in [5, 5.41) is 8.47. The number of hydrogen-bond donors (Lipinski definition) is 2. The number of aromatic nitrogens is 4. The predicted octanol–water partition coefficient (Wildman–Crippen LogP) is 2.80. The van der Waals surface area contributed by atoms with Gasteiger partial charge >= 0.3 is 6.18 Å². The Balaban J connectivity index is 1.40. The molecular weight excluding hydrogens is 433 g/mol. The summed E-state index contributed by atoms with van der Waals surface area (Å²) in [6.07, 6.45) is -0.189. The maximum absolute atomic E-state index is 12.9. The summed E-state index contributed by atoms with van der Waals surface area (Å²) < 4.78 is 40.1. The van der Waals surface area contributed by atoms with E-state index in [1.165, 1.54) is 23.4 Å². The molecule has 1 aliphatic rings. The lowest BCUT2D eigenvalue weighted by Gasteiger charge is -2.24. The van der Waals surface area contributed by atoms with Gasteiger partial charge in [0.1, 0.15) is 12.7 Å². The number of benzene rings is 1. The van der Waals surface area contributed by atoms with Gasteiger partial charge in [0.2, 0.25) is 11.8 Å². The summed E-state index contributed by atoms with van der Waals surface area (Å²) in [5.74, 6) is -0.382. The number of alkyl halides is 3. The van der Waals surface area contributed by atoms with Gasteiger partial charge in [-0.2, -0.15) is 18.3 Å². The van der Waals surface area contributed by atoms with Gasteiger partial charge in [-0.05, 0) is 24.3 Å². The van der Waals surface area contributed by atoms with Crippen LogP contribution in [0.4, 0.5) is 18.9 Å². The van der Waals surface area contributed by atoms with Crippen molar-refractivity contribution in [3.63, 3.8) is 0 Å². The minimum absolute atomic E-state index is 0.0920. The lowest BCUT2D eigenvalue weighted by Crippen LogP contribution is -2.35. The fourth-order valence-corrected chi connectivity index (χ4v) is 4.08. The van der Waals surface area contributed by atoms with Crippen LogP contribution < -0.4 is 10.6 Å². The Morgan fingerprint density at radius 2 is 2.13 bits per heavy atom. The number of halogens is 3. The Kier molecular flexibility index (Phi) is 5.63. The maximum atomic E-state index is 12.9. The van der Waals surface area contributed by atoms with E-state index in [0.717, 1.165) is 23.9 Å². The summed E-state index contributed by atoms with van der Waals surface area (Å²) in [6.45, 7) is 0.159. The molecule has 2 aromatic heterocycles. The van der Waals surface area contributed by atoms with Crippen LogP contribution in [0.1, 0.15) is 17.5 Å². The molecule has 31 heavy (non-hydrogen) atoms. The fraction of sp³-hybridized carbons (Fsp3) is 0.211. The van der Waals surface area contributed by atoms with Gasteiger partial charge in [-0.1, -0.05) is 6.07 Å². The van der Waals surface area contributed by atoms with E-state index < -0.39 is 22.9 Å². The quantitative estimate of drug-likeness (QED) is 0.623. The molecule has 0 fully saturated rings. The third-order valence-corrected chi connectivity index (χ3v) is 5.75. The molecule has 8 nitrogen and oxygen atoms in total. The number of thioether (sulfide) groups is 1. The molecular formula is C19H15F3N6O2S. The first-order valence-corrected chi connectivity index (χ1v) is 9.93. The summed E-state index contributed by atoms with van der Waals surface area (Å²) >= 11 is 1.06. The Bertz CT molecular complexity index is 1120. The van der Waals surface area contributed by atoms with Gasteiger partial charge in [0, 0.05) is 29.6 Å². The largest absolute Gasteiger partial charge is 0.416 e. The average Bonchev–Trinajstić information content (AvgIpc) is 3.27. The Morgan fingerprint density at radius 1 is 1.29 bits per heavy atom. The molecule has 3 heterocycles. The predicted molar refractivity (Wildman–Crippen MR) is 105 cm³/mol. The third-order valence-electron chi connectivity index (χ3n) is 4.48. The lowest BCUT2D eigenvalue weighted by molar-refractivity contribution is -0.137. The smallest absolute Gasteiger partial charge is 0.352 e. The molecule has 0 radical (unpaired) electrons. The number of pyridine rings is 1. The van der Waals surface area contributed by atoms with Crippen LogP contribution in [0.2, 0.25) is 0 Å².